The normalized spacial score (nSPS) is 18.9. The van der Waals surface area contributed by atoms with E-state index in [1.807, 2.05) is 35.2 Å². The zero-order valence-corrected chi connectivity index (χ0v) is 16.2. The Morgan fingerprint density at radius 2 is 2.04 bits per heavy atom. The van der Waals surface area contributed by atoms with E-state index >= 15 is 0 Å². The lowest BCUT2D eigenvalue weighted by Gasteiger charge is -2.32. The summed E-state index contributed by atoms with van der Waals surface area (Å²) in [7, 11) is 0. The van der Waals surface area contributed by atoms with Gasteiger partial charge in [0.25, 0.3) is 0 Å². The van der Waals surface area contributed by atoms with Gasteiger partial charge in [0, 0.05) is 29.5 Å². The van der Waals surface area contributed by atoms with Crippen LogP contribution in [0.4, 0.5) is 4.39 Å². The minimum atomic E-state index is -0.300. The van der Waals surface area contributed by atoms with Crippen LogP contribution < -0.4 is 0 Å². The molecule has 4 nitrogen and oxygen atoms in total. The third-order valence-electron chi connectivity index (χ3n) is 5.34. The van der Waals surface area contributed by atoms with Crippen molar-refractivity contribution in [2.75, 3.05) is 6.54 Å². The third kappa shape index (κ3) is 4.36. The van der Waals surface area contributed by atoms with Gasteiger partial charge in [0.1, 0.15) is 5.82 Å². The molecule has 0 bridgehead atoms. The van der Waals surface area contributed by atoms with Gasteiger partial charge >= 0.3 is 0 Å². The average Bonchev–Trinajstić information content (AvgIpc) is 3.08. The Balaban J connectivity index is 1.44. The molecule has 2 aromatic carbocycles. The second kappa shape index (κ2) is 8.31. The Morgan fingerprint density at radius 1 is 1.21 bits per heavy atom. The van der Waals surface area contributed by atoms with Crippen LogP contribution in [0.15, 0.2) is 53.7 Å². The monoisotopic (exact) mass is 400 g/mol. The van der Waals surface area contributed by atoms with E-state index in [9.17, 15) is 9.18 Å². The molecular weight excluding hydrogens is 379 g/mol. The Bertz CT molecular complexity index is 898. The minimum Gasteiger partial charge on any atom is -0.390 e. The number of hydrogen-bond acceptors (Lipinski definition) is 3. The van der Waals surface area contributed by atoms with Crippen molar-refractivity contribution < 1.29 is 14.0 Å². The molecule has 2 aliphatic rings. The molecule has 1 atom stereocenters. The predicted molar refractivity (Wildman–Crippen MR) is 107 cm³/mol. The van der Waals surface area contributed by atoms with E-state index < -0.39 is 0 Å². The van der Waals surface area contributed by atoms with Gasteiger partial charge in [-0.25, -0.2) is 4.39 Å². The van der Waals surface area contributed by atoms with E-state index in [-0.39, 0.29) is 23.7 Å². The maximum absolute atomic E-state index is 13.5. The Kier molecular flexibility index (Phi) is 5.62. The summed E-state index contributed by atoms with van der Waals surface area (Å²) in [4.78, 5) is 20.4. The van der Waals surface area contributed by atoms with Crippen molar-refractivity contribution in [1.29, 1.82) is 0 Å². The smallest absolute Gasteiger partial charge is 0.226 e. The Hall–Kier alpha value is -2.40. The first-order chi connectivity index (χ1) is 13.6. The topological polar surface area (TPSA) is 41.9 Å². The van der Waals surface area contributed by atoms with Gasteiger partial charge in [-0.2, -0.15) is 0 Å². The zero-order chi connectivity index (χ0) is 19.5. The highest BCUT2D eigenvalue weighted by atomic mass is 35.5. The molecule has 1 amide bonds. The fourth-order valence-corrected chi connectivity index (χ4v) is 3.83. The van der Waals surface area contributed by atoms with E-state index in [2.05, 4.69) is 5.16 Å². The fourth-order valence-electron chi connectivity index (χ4n) is 3.61. The molecule has 0 N–H and O–H groups in total. The fraction of sp³-hybridized carbons (Fsp3) is 0.364. The summed E-state index contributed by atoms with van der Waals surface area (Å²) in [6.07, 6.45) is 3.31. The van der Waals surface area contributed by atoms with Crippen LogP contribution in [0.5, 0.6) is 0 Å². The van der Waals surface area contributed by atoms with Gasteiger partial charge in [0.05, 0.1) is 12.3 Å². The lowest BCUT2D eigenvalue weighted by atomic mass is 9.84. The van der Waals surface area contributed by atoms with Crippen LogP contribution >= 0.6 is 11.6 Å². The molecule has 28 heavy (non-hydrogen) atoms. The first kappa shape index (κ1) is 18.9. The third-order valence-corrected chi connectivity index (χ3v) is 5.58. The quantitative estimate of drug-likeness (QED) is 0.698. The summed E-state index contributed by atoms with van der Waals surface area (Å²) in [5.74, 6) is -0.0374. The molecule has 0 spiro atoms. The molecule has 1 aliphatic heterocycles. The maximum atomic E-state index is 13.5. The van der Waals surface area contributed by atoms with Crippen LogP contribution in [0.1, 0.15) is 36.8 Å². The van der Waals surface area contributed by atoms with Gasteiger partial charge in [0.2, 0.25) is 5.91 Å². The molecule has 1 saturated carbocycles. The summed E-state index contributed by atoms with van der Waals surface area (Å²) in [6, 6.07) is 13.9. The highest BCUT2D eigenvalue weighted by molar-refractivity contribution is 6.30. The van der Waals surface area contributed by atoms with Gasteiger partial charge in [-0.05, 0) is 42.7 Å². The van der Waals surface area contributed by atoms with E-state index in [4.69, 9.17) is 16.4 Å². The van der Waals surface area contributed by atoms with Crippen molar-refractivity contribution in [3.8, 4) is 0 Å². The highest BCUT2D eigenvalue weighted by Gasteiger charge is 2.33. The molecule has 0 radical (unpaired) electrons. The first-order valence-electron chi connectivity index (χ1n) is 9.60. The predicted octanol–water partition coefficient (Wildman–Crippen LogP) is 4.80. The van der Waals surface area contributed by atoms with Gasteiger partial charge in [0.15, 0.2) is 6.10 Å². The summed E-state index contributed by atoms with van der Waals surface area (Å²) >= 11 is 6.10. The van der Waals surface area contributed by atoms with Gasteiger partial charge in [-0.15, -0.1) is 0 Å². The summed E-state index contributed by atoms with van der Waals surface area (Å²) in [5.41, 5.74) is 2.42. The molecule has 0 saturated heterocycles. The first-order valence-corrected chi connectivity index (χ1v) is 9.98. The molecular formula is C22H22ClFN2O2. The lowest BCUT2D eigenvalue weighted by molar-refractivity contribution is -0.140. The second-order valence-corrected chi connectivity index (χ2v) is 7.89. The van der Waals surface area contributed by atoms with Gasteiger partial charge in [-0.1, -0.05) is 47.4 Å². The van der Waals surface area contributed by atoms with E-state index in [1.165, 1.54) is 12.1 Å². The molecule has 4 rings (SSSR count). The number of benzene rings is 2. The SMILES string of the molecule is O=C(C1CCC1)N(Cc1cccc(Cl)c1)C[C@@H]1CC(c2cccc(F)c2)=NO1. The number of halogens is 2. The van der Waals surface area contributed by atoms with Crippen molar-refractivity contribution in [2.24, 2.45) is 11.1 Å². The molecule has 0 unspecified atom stereocenters. The van der Waals surface area contributed by atoms with Crippen molar-refractivity contribution in [3.63, 3.8) is 0 Å². The number of nitrogens with zero attached hydrogens (tertiary/aromatic N) is 2. The number of oxime groups is 1. The zero-order valence-electron chi connectivity index (χ0n) is 15.5. The van der Waals surface area contributed by atoms with Crippen LogP contribution in [0.25, 0.3) is 0 Å². The van der Waals surface area contributed by atoms with Crippen LogP contribution in [-0.4, -0.2) is 29.2 Å². The van der Waals surface area contributed by atoms with Gasteiger partial charge < -0.3 is 9.74 Å². The molecule has 1 fully saturated rings. The highest BCUT2D eigenvalue weighted by Crippen LogP contribution is 2.30. The number of rotatable bonds is 6. The molecule has 2 aromatic rings. The van der Waals surface area contributed by atoms with E-state index in [0.717, 1.165) is 24.8 Å². The molecule has 0 aromatic heterocycles. The largest absolute Gasteiger partial charge is 0.390 e. The molecule has 1 aliphatic carbocycles. The number of carbonyl (C=O) groups is 1. The standard InChI is InChI=1S/C22H22ClFN2O2/c23-18-8-1-4-15(10-18)13-26(22(27)16-5-2-6-16)14-20-12-21(25-28-20)17-7-3-9-19(24)11-17/h1,3-4,7-11,16,20H,2,5-6,12-14H2/t20-/m0/s1. The minimum absolute atomic E-state index is 0.101. The van der Waals surface area contributed by atoms with Crippen molar-refractivity contribution >= 4 is 23.2 Å². The second-order valence-electron chi connectivity index (χ2n) is 7.46. The number of carbonyl (C=O) groups excluding carboxylic acids is 1. The number of amides is 1. The van der Waals surface area contributed by atoms with Crippen LogP contribution in [0, 0.1) is 11.7 Å². The number of hydrogen-bond donors (Lipinski definition) is 0. The summed E-state index contributed by atoms with van der Waals surface area (Å²) < 4.78 is 13.5. The van der Waals surface area contributed by atoms with Crippen molar-refractivity contribution in [3.05, 3.63) is 70.5 Å². The van der Waals surface area contributed by atoms with E-state index in [1.54, 1.807) is 6.07 Å². The lowest BCUT2D eigenvalue weighted by Crippen LogP contribution is -2.42. The molecule has 6 heteroatoms. The van der Waals surface area contributed by atoms with Crippen LogP contribution in [0.3, 0.4) is 0 Å². The van der Waals surface area contributed by atoms with Crippen LogP contribution in [0.2, 0.25) is 5.02 Å². The van der Waals surface area contributed by atoms with E-state index in [0.29, 0.717) is 35.8 Å². The summed E-state index contributed by atoms with van der Waals surface area (Å²) in [6.45, 7) is 0.940. The maximum Gasteiger partial charge on any atom is 0.226 e. The van der Waals surface area contributed by atoms with Crippen molar-refractivity contribution in [2.45, 2.75) is 38.3 Å². The summed E-state index contributed by atoms with van der Waals surface area (Å²) in [5, 5.41) is 4.79. The molecule has 146 valence electrons. The van der Waals surface area contributed by atoms with Crippen LogP contribution in [-0.2, 0) is 16.2 Å². The van der Waals surface area contributed by atoms with Crippen molar-refractivity contribution in [1.82, 2.24) is 4.90 Å². The Morgan fingerprint density at radius 3 is 2.75 bits per heavy atom. The Labute approximate surface area is 168 Å². The molecule has 1 heterocycles. The van der Waals surface area contributed by atoms with Gasteiger partial charge in [-0.3, -0.25) is 4.79 Å². The average molecular weight is 401 g/mol.